The number of rotatable bonds is 5. The van der Waals surface area contributed by atoms with Crippen molar-refractivity contribution in [2.24, 2.45) is 5.92 Å². The summed E-state index contributed by atoms with van der Waals surface area (Å²) in [5, 5.41) is 7.95. The van der Waals surface area contributed by atoms with E-state index in [-0.39, 0.29) is 0 Å². The Hall–Kier alpha value is -0.0800. The van der Waals surface area contributed by atoms with E-state index < -0.39 is 0 Å². The lowest BCUT2D eigenvalue weighted by Crippen LogP contribution is -1.88. The minimum Gasteiger partial charge on any atom is -0.252 e. The van der Waals surface area contributed by atoms with Gasteiger partial charge in [-0.25, -0.2) is 4.89 Å². The van der Waals surface area contributed by atoms with Crippen LogP contribution in [-0.4, -0.2) is 11.9 Å². The van der Waals surface area contributed by atoms with Gasteiger partial charge < -0.3 is 0 Å². The van der Waals surface area contributed by atoms with Gasteiger partial charge in [-0.1, -0.05) is 25.7 Å². The highest BCUT2D eigenvalue weighted by Crippen LogP contribution is 2.33. The Morgan fingerprint density at radius 2 is 2.11 bits per heavy atom. The average molecular weight is 130 g/mol. The molecular formula is C7H14O2. The largest absolute Gasteiger partial charge is 0.252 e. The number of hydrogen-bond donors (Lipinski definition) is 1. The van der Waals surface area contributed by atoms with Crippen molar-refractivity contribution in [3.8, 4) is 0 Å². The number of unbranched alkanes of at least 4 members (excludes halogenated alkanes) is 1. The van der Waals surface area contributed by atoms with Crippen LogP contribution in [-0.2, 0) is 4.89 Å². The monoisotopic (exact) mass is 130 g/mol. The molecule has 0 aromatic rings. The SMILES string of the molecule is OOCCCCC1CC1. The molecule has 2 nitrogen and oxygen atoms in total. The molecule has 1 rings (SSSR count). The fraction of sp³-hybridized carbons (Fsp3) is 1.00. The smallest absolute Gasteiger partial charge is 0.0819 e. The van der Waals surface area contributed by atoms with E-state index in [2.05, 4.69) is 4.89 Å². The lowest BCUT2D eigenvalue weighted by molar-refractivity contribution is -0.242. The van der Waals surface area contributed by atoms with Crippen molar-refractivity contribution in [1.82, 2.24) is 0 Å². The van der Waals surface area contributed by atoms with E-state index in [0.29, 0.717) is 6.61 Å². The molecule has 0 amide bonds. The molecule has 0 aliphatic heterocycles. The Balaban J connectivity index is 1.71. The molecule has 1 saturated carbocycles. The Morgan fingerprint density at radius 1 is 1.33 bits per heavy atom. The van der Waals surface area contributed by atoms with Gasteiger partial charge in [0.1, 0.15) is 0 Å². The summed E-state index contributed by atoms with van der Waals surface area (Å²) in [7, 11) is 0. The van der Waals surface area contributed by atoms with Crippen molar-refractivity contribution in [2.45, 2.75) is 32.1 Å². The standard InChI is InChI=1S/C7H14O2/c8-9-6-2-1-3-7-4-5-7/h7-8H,1-6H2. The van der Waals surface area contributed by atoms with Gasteiger partial charge in [-0.05, 0) is 12.3 Å². The van der Waals surface area contributed by atoms with Gasteiger partial charge in [-0.2, -0.15) is 0 Å². The molecule has 0 spiro atoms. The third-order valence-electron chi connectivity index (χ3n) is 1.79. The molecule has 0 radical (unpaired) electrons. The summed E-state index contributed by atoms with van der Waals surface area (Å²) in [5.41, 5.74) is 0. The van der Waals surface area contributed by atoms with Gasteiger partial charge in [0.05, 0.1) is 6.61 Å². The van der Waals surface area contributed by atoms with Gasteiger partial charge in [-0.15, -0.1) is 0 Å². The molecule has 0 bridgehead atoms. The van der Waals surface area contributed by atoms with E-state index in [1.54, 1.807) is 0 Å². The van der Waals surface area contributed by atoms with Crippen LogP contribution >= 0.6 is 0 Å². The highest BCUT2D eigenvalue weighted by atomic mass is 17.1. The maximum Gasteiger partial charge on any atom is 0.0819 e. The van der Waals surface area contributed by atoms with E-state index >= 15 is 0 Å². The predicted octanol–water partition coefficient (Wildman–Crippen LogP) is 2.06. The van der Waals surface area contributed by atoms with Crippen LogP contribution in [0, 0.1) is 5.92 Å². The van der Waals surface area contributed by atoms with Crippen molar-refractivity contribution in [3.63, 3.8) is 0 Å². The van der Waals surface area contributed by atoms with Crippen LogP contribution in [0.5, 0.6) is 0 Å². The van der Waals surface area contributed by atoms with Gasteiger partial charge >= 0.3 is 0 Å². The molecule has 0 aromatic carbocycles. The van der Waals surface area contributed by atoms with Crippen LogP contribution in [0.15, 0.2) is 0 Å². The fourth-order valence-corrected chi connectivity index (χ4v) is 1.01. The van der Waals surface area contributed by atoms with Crippen molar-refractivity contribution in [1.29, 1.82) is 0 Å². The molecule has 0 heterocycles. The van der Waals surface area contributed by atoms with E-state index in [9.17, 15) is 0 Å². The molecule has 0 unspecified atom stereocenters. The quantitative estimate of drug-likeness (QED) is 0.350. The first kappa shape index (κ1) is 7.03. The third-order valence-corrected chi connectivity index (χ3v) is 1.79. The van der Waals surface area contributed by atoms with Crippen molar-refractivity contribution >= 4 is 0 Å². The number of hydrogen-bond acceptors (Lipinski definition) is 2. The summed E-state index contributed by atoms with van der Waals surface area (Å²) in [6, 6.07) is 0. The summed E-state index contributed by atoms with van der Waals surface area (Å²) in [6.07, 6.45) is 6.42. The van der Waals surface area contributed by atoms with Gasteiger partial charge in [-0.3, -0.25) is 5.26 Å². The molecule has 0 saturated heterocycles. The first-order valence-corrected chi connectivity index (χ1v) is 3.70. The van der Waals surface area contributed by atoms with E-state index in [4.69, 9.17) is 5.26 Å². The van der Waals surface area contributed by atoms with Crippen LogP contribution in [0.25, 0.3) is 0 Å². The second-order valence-corrected chi connectivity index (χ2v) is 2.77. The van der Waals surface area contributed by atoms with Crippen molar-refractivity contribution < 1.29 is 10.1 Å². The minimum absolute atomic E-state index is 0.507. The van der Waals surface area contributed by atoms with E-state index in [0.717, 1.165) is 12.3 Å². The van der Waals surface area contributed by atoms with Crippen molar-refractivity contribution in [2.75, 3.05) is 6.61 Å². The second kappa shape index (κ2) is 3.85. The maximum atomic E-state index is 7.95. The van der Waals surface area contributed by atoms with Crippen LogP contribution in [0.3, 0.4) is 0 Å². The molecule has 1 aliphatic rings. The van der Waals surface area contributed by atoms with Crippen LogP contribution in [0.2, 0.25) is 0 Å². The second-order valence-electron chi connectivity index (χ2n) is 2.77. The molecule has 1 aliphatic carbocycles. The van der Waals surface area contributed by atoms with Crippen LogP contribution < -0.4 is 0 Å². The highest BCUT2D eigenvalue weighted by Gasteiger charge is 2.19. The summed E-state index contributed by atoms with van der Waals surface area (Å²) >= 11 is 0. The van der Waals surface area contributed by atoms with Gasteiger partial charge in [0, 0.05) is 0 Å². The summed E-state index contributed by atoms with van der Waals surface area (Å²) in [5.74, 6) is 1.02. The van der Waals surface area contributed by atoms with Gasteiger partial charge in [0.2, 0.25) is 0 Å². The van der Waals surface area contributed by atoms with Crippen LogP contribution in [0.1, 0.15) is 32.1 Å². The van der Waals surface area contributed by atoms with Crippen molar-refractivity contribution in [3.05, 3.63) is 0 Å². The summed E-state index contributed by atoms with van der Waals surface area (Å²) < 4.78 is 0. The molecule has 2 heteroatoms. The fourth-order valence-electron chi connectivity index (χ4n) is 1.01. The first-order valence-electron chi connectivity index (χ1n) is 3.70. The molecule has 1 fully saturated rings. The molecule has 0 aromatic heterocycles. The lowest BCUT2D eigenvalue weighted by atomic mass is 10.2. The molecular weight excluding hydrogens is 116 g/mol. The Morgan fingerprint density at radius 3 is 2.67 bits per heavy atom. The summed E-state index contributed by atoms with van der Waals surface area (Å²) in [4.78, 5) is 3.94. The topological polar surface area (TPSA) is 29.5 Å². The zero-order valence-corrected chi connectivity index (χ0v) is 5.68. The maximum absolute atomic E-state index is 7.95. The zero-order chi connectivity index (χ0) is 6.53. The van der Waals surface area contributed by atoms with Gasteiger partial charge in [0.15, 0.2) is 0 Å². The molecule has 1 N–H and O–H groups in total. The Kier molecular flexibility index (Phi) is 3.01. The average Bonchev–Trinajstić information content (AvgIpc) is 2.63. The Labute approximate surface area is 55.8 Å². The van der Waals surface area contributed by atoms with Gasteiger partial charge in [0.25, 0.3) is 0 Å². The summed E-state index contributed by atoms with van der Waals surface area (Å²) in [6.45, 7) is 0.507. The third kappa shape index (κ3) is 3.49. The first-order chi connectivity index (χ1) is 4.43. The Bertz CT molecular complexity index is 69.3. The normalized spacial score (nSPS) is 18.3. The molecule has 9 heavy (non-hydrogen) atoms. The predicted molar refractivity (Wildman–Crippen MR) is 35.2 cm³/mol. The molecule has 0 atom stereocenters. The van der Waals surface area contributed by atoms with E-state index in [1.807, 2.05) is 0 Å². The lowest BCUT2D eigenvalue weighted by Gasteiger charge is -1.95. The minimum atomic E-state index is 0.507. The zero-order valence-electron chi connectivity index (χ0n) is 5.68. The highest BCUT2D eigenvalue weighted by molar-refractivity contribution is 4.72. The van der Waals surface area contributed by atoms with Crippen LogP contribution in [0.4, 0.5) is 0 Å². The van der Waals surface area contributed by atoms with E-state index in [1.165, 1.54) is 25.7 Å². The molecule has 54 valence electrons.